The molecule has 0 spiro atoms. The van der Waals surface area contributed by atoms with E-state index in [1.165, 1.54) is 0 Å². The lowest BCUT2D eigenvalue weighted by Gasteiger charge is -2.07. The summed E-state index contributed by atoms with van der Waals surface area (Å²) in [4.78, 5) is 21.5. The number of hydrogen-bond donors (Lipinski definition) is 1. The lowest BCUT2D eigenvalue weighted by atomic mass is 10.1. The maximum Gasteiger partial charge on any atom is 0.251 e. The van der Waals surface area contributed by atoms with E-state index in [1.54, 1.807) is 22.9 Å². The second-order valence-electron chi connectivity index (χ2n) is 6.80. The number of aromatic nitrogens is 4. The predicted molar refractivity (Wildman–Crippen MR) is 103 cm³/mol. The van der Waals surface area contributed by atoms with Crippen LogP contribution in [0.4, 0.5) is 5.69 Å². The first-order chi connectivity index (χ1) is 13.4. The molecular weight excluding hydrogens is 358 g/mol. The van der Waals surface area contributed by atoms with Gasteiger partial charge in [-0.1, -0.05) is 0 Å². The molecule has 0 aliphatic carbocycles. The van der Waals surface area contributed by atoms with E-state index in [0.717, 1.165) is 28.3 Å². The largest absolute Gasteiger partial charge is 0.454 e. The van der Waals surface area contributed by atoms with E-state index in [-0.39, 0.29) is 19.1 Å². The molecule has 0 saturated carbocycles. The first-order valence-corrected chi connectivity index (χ1v) is 8.98. The van der Waals surface area contributed by atoms with Crippen molar-refractivity contribution < 1.29 is 14.3 Å². The van der Waals surface area contributed by atoms with Crippen LogP contribution in [-0.2, 0) is 11.2 Å². The minimum absolute atomic E-state index is 0.133. The number of hydrogen-bond acceptors (Lipinski definition) is 6. The highest BCUT2D eigenvalue weighted by Crippen LogP contribution is 2.34. The zero-order chi connectivity index (χ0) is 19.8. The third-order valence-corrected chi connectivity index (χ3v) is 4.59. The number of rotatable bonds is 4. The van der Waals surface area contributed by atoms with Crippen molar-refractivity contribution in [3.8, 4) is 17.4 Å². The van der Waals surface area contributed by atoms with Crippen LogP contribution in [0.3, 0.4) is 0 Å². The van der Waals surface area contributed by atoms with Crippen LogP contribution in [-0.4, -0.2) is 32.4 Å². The van der Waals surface area contributed by atoms with Crippen molar-refractivity contribution in [1.29, 1.82) is 0 Å². The zero-order valence-corrected chi connectivity index (χ0v) is 16.2. The van der Waals surface area contributed by atoms with Crippen molar-refractivity contribution in [2.24, 2.45) is 0 Å². The molecule has 4 rings (SSSR count). The topological polar surface area (TPSA) is 91.2 Å². The van der Waals surface area contributed by atoms with Crippen molar-refractivity contribution in [3.05, 3.63) is 52.6 Å². The smallest absolute Gasteiger partial charge is 0.251 e. The monoisotopic (exact) mass is 379 g/mol. The van der Waals surface area contributed by atoms with E-state index in [2.05, 4.69) is 20.4 Å². The predicted octanol–water partition coefficient (Wildman–Crippen LogP) is 2.81. The summed E-state index contributed by atoms with van der Waals surface area (Å²) in [6.07, 6.45) is 0.205. The molecule has 3 heterocycles. The molecule has 144 valence electrons. The molecule has 0 atom stereocenters. The van der Waals surface area contributed by atoms with Gasteiger partial charge in [-0.25, -0.2) is 14.6 Å². The molecular formula is C20H21N5O3. The quantitative estimate of drug-likeness (QED) is 0.750. The Balaban J connectivity index is 1.55. The summed E-state index contributed by atoms with van der Waals surface area (Å²) in [6, 6.07) is 7.24. The van der Waals surface area contributed by atoms with Crippen molar-refractivity contribution in [3.63, 3.8) is 0 Å². The van der Waals surface area contributed by atoms with Crippen LogP contribution in [0.25, 0.3) is 5.95 Å². The molecule has 28 heavy (non-hydrogen) atoms. The highest BCUT2D eigenvalue weighted by Gasteiger charge is 2.19. The van der Waals surface area contributed by atoms with Gasteiger partial charge in [-0.15, -0.1) is 0 Å². The van der Waals surface area contributed by atoms with Gasteiger partial charge in [0.15, 0.2) is 11.5 Å². The Morgan fingerprint density at radius 2 is 1.79 bits per heavy atom. The third kappa shape index (κ3) is 3.40. The van der Waals surface area contributed by atoms with Gasteiger partial charge in [0.1, 0.15) is 0 Å². The average molecular weight is 379 g/mol. The second-order valence-corrected chi connectivity index (χ2v) is 6.80. The molecule has 3 aromatic rings. The summed E-state index contributed by atoms with van der Waals surface area (Å²) in [6.45, 7) is 7.84. The summed E-state index contributed by atoms with van der Waals surface area (Å²) in [7, 11) is 0. The molecule has 0 radical (unpaired) electrons. The minimum Gasteiger partial charge on any atom is -0.454 e. The van der Waals surface area contributed by atoms with E-state index >= 15 is 0 Å². The Morgan fingerprint density at radius 3 is 2.54 bits per heavy atom. The SMILES string of the molecule is Cc1cc(C)nc(-n2nc(C)c(CC(=O)Nc3ccc4c(c3)OCO4)c2C)n1. The number of aryl methyl sites for hydroxylation is 3. The highest BCUT2D eigenvalue weighted by molar-refractivity contribution is 5.92. The summed E-state index contributed by atoms with van der Waals surface area (Å²) >= 11 is 0. The van der Waals surface area contributed by atoms with Crippen LogP contribution < -0.4 is 14.8 Å². The van der Waals surface area contributed by atoms with E-state index in [1.807, 2.05) is 33.8 Å². The second kappa shape index (κ2) is 6.95. The van der Waals surface area contributed by atoms with E-state index < -0.39 is 0 Å². The number of ether oxygens (including phenoxy) is 2. The maximum atomic E-state index is 12.6. The van der Waals surface area contributed by atoms with Crippen molar-refractivity contribution in [1.82, 2.24) is 19.7 Å². The van der Waals surface area contributed by atoms with Gasteiger partial charge in [-0.3, -0.25) is 4.79 Å². The fourth-order valence-corrected chi connectivity index (χ4v) is 3.27. The standard InChI is InChI=1S/C20H21N5O3/c1-11-7-12(2)22-20(21-11)25-14(4)16(13(3)24-25)9-19(26)23-15-5-6-17-18(8-15)28-10-27-17/h5-8H,9-10H2,1-4H3,(H,23,26). The fourth-order valence-electron chi connectivity index (χ4n) is 3.27. The number of carbonyl (C=O) groups excluding carboxylic acids is 1. The minimum atomic E-state index is -0.133. The Labute approximate surface area is 162 Å². The van der Waals surface area contributed by atoms with Crippen molar-refractivity contribution in [2.45, 2.75) is 34.1 Å². The molecule has 1 aromatic carbocycles. The van der Waals surface area contributed by atoms with Gasteiger partial charge in [-0.2, -0.15) is 5.10 Å². The normalized spacial score (nSPS) is 12.3. The molecule has 8 nitrogen and oxygen atoms in total. The summed E-state index contributed by atoms with van der Waals surface area (Å²) in [5.74, 6) is 1.69. The first kappa shape index (κ1) is 18.0. The van der Waals surface area contributed by atoms with Crippen LogP contribution in [0.2, 0.25) is 0 Å². The van der Waals surface area contributed by atoms with Gasteiger partial charge in [0, 0.05) is 34.4 Å². The number of benzene rings is 1. The van der Waals surface area contributed by atoms with Gasteiger partial charge in [0.2, 0.25) is 12.7 Å². The number of nitrogens with zero attached hydrogens (tertiary/aromatic N) is 4. The van der Waals surface area contributed by atoms with E-state index in [4.69, 9.17) is 9.47 Å². The Hall–Kier alpha value is -3.42. The lowest BCUT2D eigenvalue weighted by Crippen LogP contribution is -2.15. The van der Waals surface area contributed by atoms with Crippen LogP contribution in [0.15, 0.2) is 24.3 Å². The van der Waals surface area contributed by atoms with Crippen LogP contribution >= 0.6 is 0 Å². The first-order valence-electron chi connectivity index (χ1n) is 8.98. The van der Waals surface area contributed by atoms with Gasteiger partial charge in [0.05, 0.1) is 12.1 Å². The van der Waals surface area contributed by atoms with Gasteiger partial charge >= 0.3 is 0 Å². The highest BCUT2D eigenvalue weighted by atomic mass is 16.7. The number of fused-ring (bicyclic) bond motifs is 1. The molecule has 8 heteroatoms. The Morgan fingerprint density at radius 1 is 1.07 bits per heavy atom. The number of amides is 1. The van der Waals surface area contributed by atoms with Crippen molar-refractivity contribution >= 4 is 11.6 Å². The van der Waals surface area contributed by atoms with E-state index in [0.29, 0.717) is 23.1 Å². The zero-order valence-electron chi connectivity index (χ0n) is 16.2. The van der Waals surface area contributed by atoms with Crippen molar-refractivity contribution in [2.75, 3.05) is 12.1 Å². The molecule has 0 fully saturated rings. The molecule has 0 unspecified atom stereocenters. The lowest BCUT2D eigenvalue weighted by molar-refractivity contribution is -0.115. The van der Waals surface area contributed by atoms with Gasteiger partial charge < -0.3 is 14.8 Å². The Kier molecular flexibility index (Phi) is 4.46. The van der Waals surface area contributed by atoms with E-state index in [9.17, 15) is 4.79 Å². The average Bonchev–Trinajstić information content (AvgIpc) is 3.20. The summed E-state index contributed by atoms with van der Waals surface area (Å²) in [5, 5.41) is 7.44. The molecule has 0 bridgehead atoms. The van der Waals surface area contributed by atoms with Crippen LogP contribution in [0.1, 0.15) is 28.3 Å². The molecule has 2 aromatic heterocycles. The third-order valence-electron chi connectivity index (χ3n) is 4.59. The van der Waals surface area contributed by atoms with Gasteiger partial charge in [-0.05, 0) is 45.9 Å². The molecule has 1 aliphatic heterocycles. The van der Waals surface area contributed by atoms with Crippen LogP contribution in [0.5, 0.6) is 11.5 Å². The Bertz CT molecular complexity index is 1050. The maximum absolute atomic E-state index is 12.6. The molecule has 1 aliphatic rings. The molecule has 0 saturated heterocycles. The number of anilines is 1. The number of carbonyl (C=O) groups is 1. The number of nitrogens with one attached hydrogen (secondary N) is 1. The molecule has 1 amide bonds. The summed E-state index contributed by atoms with van der Waals surface area (Å²) in [5.41, 5.74) is 4.90. The van der Waals surface area contributed by atoms with Crippen LogP contribution in [0, 0.1) is 27.7 Å². The fraction of sp³-hybridized carbons (Fsp3) is 0.300. The summed E-state index contributed by atoms with van der Waals surface area (Å²) < 4.78 is 12.3. The van der Waals surface area contributed by atoms with Gasteiger partial charge in [0.25, 0.3) is 5.95 Å². The molecule has 1 N–H and O–H groups in total.